The summed E-state index contributed by atoms with van der Waals surface area (Å²) in [4.78, 5) is 0. The monoisotopic (exact) mass is 225 g/mol. The molecule has 0 spiro atoms. The largest absolute Gasteiger partial charge is 0.375 e. The Morgan fingerprint density at radius 1 is 1.60 bits per heavy atom. The van der Waals surface area contributed by atoms with Gasteiger partial charge in [-0.25, -0.2) is 0 Å². The molecule has 2 aliphatic carbocycles. The van der Waals surface area contributed by atoms with E-state index in [0.717, 1.165) is 12.3 Å². The van der Waals surface area contributed by atoms with Crippen LogP contribution in [-0.4, -0.2) is 10.8 Å². The molecule has 0 unspecified atom stereocenters. The van der Waals surface area contributed by atoms with Gasteiger partial charge in [-0.3, -0.25) is 5.43 Å². The Hall–Kier alpha value is -0.640. The quantitative estimate of drug-likeness (QED) is 0.529. The number of nitrogens with two attached hydrogens (primary N) is 1. The van der Waals surface area contributed by atoms with Gasteiger partial charge in [0.05, 0.1) is 0 Å². The molecule has 0 aliphatic heterocycles. The summed E-state index contributed by atoms with van der Waals surface area (Å²) >= 11 is 4.75. The third-order valence-electron chi connectivity index (χ3n) is 4.56. The van der Waals surface area contributed by atoms with Crippen LogP contribution in [0.2, 0.25) is 0 Å². The van der Waals surface area contributed by atoms with E-state index >= 15 is 0 Å². The average Bonchev–Trinajstić information content (AvgIpc) is 2.64. The lowest BCUT2D eigenvalue weighted by Gasteiger charge is -2.36. The summed E-state index contributed by atoms with van der Waals surface area (Å²) in [6, 6.07) is 0. The van der Waals surface area contributed by atoms with Crippen LogP contribution in [0.4, 0.5) is 0 Å². The van der Waals surface area contributed by atoms with Crippen molar-refractivity contribution in [2.45, 2.75) is 33.6 Å². The van der Waals surface area contributed by atoms with Crippen molar-refractivity contribution in [2.75, 3.05) is 0 Å². The zero-order chi connectivity index (χ0) is 11.2. The Morgan fingerprint density at radius 2 is 2.27 bits per heavy atom. The molecule has 2 aliphatic rings. The van der Waals surface area contributed by atoms with E-state index in [-0.39, 0.29) is 5.11 Å². The molecule has 84 valence electrons. The molecule has 0 radical (unpaired) electrons. The van der Waals surface area contributed by atoms with Crippen LogP contribution < -0.4 is 11.2 Å². The second-order valence-electron chi connectivity index (χ2n) is 5.43. The average molecular weight is 225 g/mol. The summed E-state index contributed by atoms with van der Waals surface area (Å²) in [5, 5.41) is 4.58. The number of rotatable bonds is 1. The second kappa shape index (κ2) is 3.44. The van der Waals surface area contributed by atoms with E-state index in [9.17, 15) is 0 Å². The number of hydrazone groups is 1. The minimum absolute atomic E-state index is 0.261. The van der Waals surface area contributed by atoms with E-state index in [1.807, 2.05) is 0 Å². The summed E-state index contributed by atoms with van der Waals surface area (Å²) < 4.78 is 0. The second-order valence-corrected chi connectivity index (χ2v) is 5.87. The molecule has 2 bridgehead atoms. The van der Waals surface area contributed by atoms with Crippen molar-refractivity contribution in [3.8, 4) is 0 Å². The smallest absolute Gasteiger partial charge is 0.184 e. The van der Waals surface area contributed by atoms with Gasteiger partial charge in [0, 0.05) is 11.6 Å². The van der Waals surface area contributed by atoms with Crippen LogP contribution in [0.3, 0.4) is 0 Å². The lowest BCUT2D eigenvalue weighted by Crippen LogP contribution is -2.35. The van der Waals surface area contributed by atoms with Gasteiger partial charge in [-0.2, -0.15) is 5.10 Å². The van der Waals surface area contributed by atoms with Gasteiger partial charge in [0.1, 0.15) is 0 Å². The maximum absolute atomic E-state index is 5.37. The van der Waals surface area contributed by atoms with Gasteiger partial charge in [-0.15, -0.1) is 0 Å². The fourth-order valence-corrected chi connectivity index (χ4v) is 3.18. The number of nitrogens with zero attached hydrogens (tertiary/aromatic N) is 1. The van der Waals surface area contributed by atoms with E-state index in [1.54, 1.807) is 0 Å². The minimum Gasteiger partial charge on any atom is -0.375 e. The highest BCUT2D eigenvalue weighted by Gasteiger charge is 2.53. The van der Waals surface area contributed by atoms with Crippen LogP contribution in [0.25, 0.3) is 0 Å². The van der Waals surface area contributed by atoms with Crippen molar-refractivity contribution in [1.82, 2.24) is 5.43 Å². The Balaban J connectivity index is 2.12. The van der Waals surface area contributed by atoms with E-state index in [2.05, 4.69) is 31.3 Å². The summed E-state index contributed by atoms with van der Waals surface area (Å²) in [6.07, 6.45) is 2.39. The standard InChI is InChI=1S/C11H19N3S/c1-6-8-4-7(11(6,2)3)5-9(8)13-14-10(12)15/h6-8H,4-5H2,1-3H3,(H3,12,14,15)/t6-,7-,8+/m0/s1. The molecule has 2 fully saturated rings. The molecule has 4 heteroatoms. The summed E-state index contributed by atoms with van der Waals surface area (Å²) in [5.74, 6) is 2.12. The van der Waals surface area contributed by atoms with Crippen LogP contribution in [0, 0.1) is 23.2 Å². The molecule has 0 saturated heterocycles. The number of thiocarbonyl (C=S) groups is 1. The van der Waals surface area contributed by atoms with Crippen molar-refractivity contribution in [3.63, 3.8) is 0 Å². The maximum Gasteiger partial charge on any atom is 0.184 e. The fraction of sp³-hybridized carbons (Fsp3) is 0.818. The van der Waals surface area contributed by atoms with Crippen molar-refractivity contribution >= 4 is 23.0 Å². The first-order valence-corrected chi connectivity index (χ1v) is 5.95. The molecule has 0 aromatic heterocycles. The Labute approximate surface area is 96.5 Å². The lowest BCUT2D eigenvalue weighted by molar-refractivity contribution is 0.182. The van der Waals surface area contributed by atoms with Crippen molar-refractivity contribution < 1.29 is 0 Å². The third-order valence-corrected chi connectivity index (χ3v) is 4.65. The van der Waals surface area contributed by atoms with Gasteiger partial charge in [0.2, 0.25) is 0 Å². The third kappa shape index (κ3) is 1.65. The Morgan fingerprint density at radius 3 is 2.73 bits per heavy atom. The molecule has 3 N–H and O–H groups in total. The van der Waals surface area contributed by atoms with E-state index in [4.69, 9.17) is 18.0 Å². The highest BCUT2D eigenvalue weighted by Crippen LogP contribution is 2.57. The van der Waals surface area contributed by atoms with Gasteiger partial charge < -0.3 is 5.73 Å². The highest BCUT2D eigenvalue weighted by atomic mass is 32.1. The Bertz CT molecular complexity index is 318. The maximum atomic E-state index is 5.37. The first-order chi connectivity index (χ1) is 6.93. The SMILES string of the molecule is C[C@H]1[C@H]2C[C@@H](CC2=NNC(N)=S)C1(C)C. The molecule has 3 nitrogen and oxygen atoms in total. The topological polar surface area (TPSA) is 50.4 Å². The molecular weight excluding hydrogens is 206 g/mol. The predicted octanol–water partition coefficient (Wildman–Crippen LogP) is 1.88. The lowest BCUT2D eigenvalue weighted by atomic mass is 9.69. The van der Waals surface area contributed by atoms with Crippen molar-refractivity contribution in [3.05, 3.63) is 0 Å². The molecule has 0 heterocycles. The minimum atomic E-state index is 0.261. The van der Waals surface area contributed by atoms with E-state index < -0.39 is 0 Å². The molecule has 15 heavy (non-hydrogen) atoms. The van der Waals surface area contributed by atoms with Crippen LogP contribution >= 0.6 is 12.2 Å². The molecule has 0 amide bonds. The van der Waals surface area contributed by atoms with Crippen LogP contribution in [0.1, 0.15) is 33.6 Å². The van der Waals surface area contributed by atoms with Gasteiger partial charge in [0.15, 0.2) is 5.11 Å². The first kappa shape index (κ1) is 10.9. The van der Waals surface area contributed by atoms with Crippen LogP contribution in [0.5, 0.6) is 0 Å². The molecular formula is C11H19N3S. The number of hydrogen-bond acceptors (Lipinski definition) is 2. The Kier molecular flexibility index (Phi) is 2.49. The van der Waals surface area contributed by atoms with Gasteiger partial charge in [0.25, 0.3) is 0 Å². The van der Waals surface area contributed by atoms with Crippen molar-refractivity contribution in [1.29, 1.82) is 0 Å². The zero-order valence-corrected chi connectivity index (χ0v) is 10.4. The number of hydrogen-bond donors (Lipinski definition) is 2. The molecule has 2 saturated carbocycles. The molecule has 3 atom stereocenters. The van der Waals surface area contributed by atoms with Crippen LogP contribution in [-0.2, 0) is 0 Å². The normalized spacial score (nSPS) is 39.7. The highest BCUT2D eigenvalue weighted by molar-refractivity contribution is 7.80. The fourth-order valence-electron chi connectivity index (χ4n) is 3.13. The summed E-state index contributed by atoms with van der Waals surface area (Å²) in [7, 11) is 0. The first-order valence-electron chi connectivity index (χ1n) is 5.55. The van der Waals surface area contributed by atoms with E-state index in [0.29, 0.717) is 17.3 Å². The molecule has 0 aromatic carbocycles. The van der Waals surface area contributed by atoms with Gasteiger partial charge >= 0.3 is 0 Å². The predicted molar refractivity (Wildman–Crippen MR) is 66.5 cm³/mol. The van der Waals surface area contributed by atoms with Gasteiger partial charge in [-0.05, 0) is 42.3 Å². The number of fused-ring (bicyclic) bond motifs is 2. The molecule has 0 aromatic rings. The zero-order valence-electron chi connectivity index (χ0n) is 9.58. The summed E-state index contributed by atoms with van der Waals surface area (Å²) in [6.45, 7) is 7.08. The van der Waals surface area contributed by atoms with Gasteiger partial charge in [-0.1, -0.05) is 20.8 Å². The number of nitrogens with one attached hydrogen (secondary N) is 1. The molecule has 2 rings (SSSR count). The van der Waals surface area contributed by atoms with E-state index in [1.165, 1.54) is 12.1 Å². The van der Waals surface area contributed by atoms with Crippen molar-refractivity contribution in [2.24, 2.45) is 34.0 Å². The summed E-state index contributed by atoms with van der Waals surface area (Å²) in [5.41, 5.74) is 9.82. The van der Waals surface area contributed by atoms with Crippen LogP contribution in [0.15, 0.2) is 5.10 Å².